The average molecular weight is 238 g/mol. The molecule has 0 fully saturated rings. The quantitative estimate of drug-likeness (QED) is 0.767. The Bertz CT molecular complexity index is 374. The molecule has 0 aliphatic heterocycles. The van der Waals surface area contributed by atoms with Crippen LogP contribution < -0.4 is 0 Å². The van der Waals surface area contributed by atoms with Crippen molar-refractivity contribution in [1.29, 1.82) is 0 Å². The summed E-state index contributed by atoms with van der Waals surface area (Å²) >= 11 is 0. The van der Waals surface area contributed by atoms with Gasteiger partial charge >= 0.3 is 11.9 Å². The molecule has 0 amide bonds. The first kappa shape index (κ1) is 13.2. The van der Waals surface area contributed by atoms with Gasteiger partial charge in [0.05, 0.1) is 25.2 Å². The van der Waals surface area contributed by atoms with Crippen molar-refractivity contribution in [2.24, 2.45) is 0 Å². The Morgan fingerprint density at radius 3 is 2.53 bits per heavy atom. The fraction of sp³-hybridized carbons (Fsp3) is 0.333. The lowest BCUT2D eigenvalue weighted by atomic mass is 10.2. The van der Waals surface area contributed by atoms with Crippen LogP contribution in [0.2, 0.25) is 0 Å². The predicted molar refractivity (Wildman–Crippen MR) is 59.4 cm³/mol. The van der Waals surface area contributed by atoms with Gasteiger partial charge in [0, 0.05) is 0 Å². The van der Waals surface area contributed by atoms with Crippen LogP contribution in [0.25, 0.3) is 0 Å². The van der Waals surface area contributed by atoms with Crippen LogP contribution in [0.4, 0.5) is 0 Å². The number of carbonyl (C=O) groups excluding carboxylic acids is 2. The average Bonchev–Trinajstić information content (AvgIpc) is 2.36. The minimum atomic E-state index is -1.05. The first-order chi connectivity index (χ1) is 8.13. The van der Waals surface area contributed by atoms with Crippen LogP contribution in [0, 0.1) is 0 Å². The molecule has 92 valence electrons. The number of methoxy groups -OCH3 is 1. The molecule has 1 aromatic rings. The Balaban J connectivity index is 2.36. The third kappa shape index (κ3) is 4.65. The Kier molecular flexibility index (Phi) is 5.16. The molecule has 0 aromatic heterocycles. The highest BCUT2D eigenvalue weighted by atomic mass is 16.5. The summed E-state index contributed by atoms with van der Waals surface area (Å²) in [6, 6.07) is 8.41. The molecule has 0 radical (unpaired) electrons. The SMILES string of the molecule is COC(=O)C[C@@H](O)COC(=O)c1ccccc1. The van der Waals surface area contributed by atoms with Gasteiger partial charge in [0.2, 0.25) is 0 Å². The van der Waals surface area contributed by atoms with Gasteiger partial charge in [-0.2, -0.15) is 0 Å². The lowest BCUT2D eigenvalue weighted by Gasteiger charge is -2.09. The van der Waals surface area contributed by atoms with E-state index in [0.717, 1.165) is 0 Å². The number of aliphatic hydroxyl groups is 1. The van der Waals surface area contributed by atoms with E-state index in [9.17, 15) is 14.7 Å². The first-order valence-corrected chi connectivity index (χ1v) is 5.10. The van der Waals surface area contributed by atoms with E-state index < -0.39 is 18.0 Å². The maximum absolute atomic E-state index is 11.5. The van der Waals surface area contributed by atoms with Crippen LogP contribution in [0.1, 0.15) is 16.8 Å². The summed E-state index contributed by atoms with van der Waals surface area (Å²) in [6.45, 7) is -0.233. The van der Waals surface area contributed by atoms with Crippen LogP contribution >= 0.6 is 0 Å². The number of hydrogen-bond donors (Lipinski definition) is 1. The number of hydrogen-bond acceptors (Lipinski definition) is 5. The minimum Gasteiger partial charge on any atom is -0.469 e. The number of benzene rings is 1. The van der Waals surface area contributed by atoms with Crippen LogP contribution in [-0.2, 0) is 14.3 Å². The molecule has 0 bridgehead atoms. The van der Waals surface area contributed by atoms with E-state index in [-0.39, 0.29) is 13.0 Å². The molecule has 0 saturated carbocycles. The molecule has 0 heterocycles. The summed E-state index contributed by atoms with van der Waals surface area (Å²) in [7, 11) is 1.23. The van der Waals surface area contributed by atoms with Crippen molar-refractivity contribution in [3.8, 4) is 0 Å². The molecule has 1 N–H and O–H groups in total. The van der Waals surface area contributed by atoms with Gasteiger partial charge in [0.25, 0.3) is 0 Å². The smallest absolute Gasteiger partial charge is 0.338 e. The molecule has 1 rings (SSSR count). The molecular formula is C12H14O5. The number of carbonyl (C=O) groups is 2. The van der Waals surface area contributed by atoms with Gasteiger partial charge in [-0.25, -0.2) is 4.79 Å². The Hall–Kier alpha value is -1.88. The minimum absolute atomic E-state index is 0.196. The van der Waals surface area contributed by atoms with Gasteiger partial charge in [-0.05, 0) is 12.1 Å². The van der Waals surface area contributed by atoms with E-state index in [2.05, 4.69) is 4.74 Å². The van der Waals surface area contributed by atoms with E-state index in [1.165, 1.54) is 7.11 Å². The topological polar surface area (TPSA) is 72.8 Å². The van der Waals surface area contributed by atoms with Crippen LogP contribution in [0.5, 0.6) is 0 Å². The van der Waals surface area contributed by atoms with Crippen LogP contribution in [0.3, 0.4) is 0 Å². The predicted octanol–water partition coefficient (Wildman–Crippen LogP) is 0.767. The monoisotopic (exact) mass is 238 g/mol. The van der Waals surface area contributed by atoms with E-state index >= 15 is 0 Å². The van der Waals surface area contributed by atoms with Gasteiger partial charge in [0.15, 0.2) is 0 Å². The van der Waals surface area contributed by atoms with Crippen molar-refractivity contribution in [3.63, 3.8) is 0 Å². The van der Waals surface area contributed by atoms with Gasteiger partial charge < -0.3 is 14.6 Å². The van der Waals surface area contributed by atoms with E-state index in [1.807, 2.05) is 0 Å². The van der Waals surface area contributed by atoms with E-state index in [4.69, 9.17) is 4.74 Å². The molecule has 1 aromatic carbocycles. The van der Waals surface area contributed by atoms with Crippen molar-refractivity contribution in [1.82, 2.24) is 0 Å². The summed E-state index contributed by atoms with van der Waals surface area (Å²) in [4.78, 5) is 22.3. The Morgan fingerprint density at radius 2 is 1.94 bits per heavy atom. The normalized spacial score (nSPS) is 11.6. The third-order valence-electron chi connectivity index (χ3n) is 2.05. The second kappa shape index (κ2) is 6.65. The Labute approximate surface area is 99.0 Å². The summed E-state index contributed by atoms with van der Waals surface area (Å²) in [6.07, 6.45) is -1.24. The van der Waals surface area contributed by atoms with Gasteiger partial charge in [0.1, 0.15) is 6.61 Å². The highest BCUT2D eigenvalue weighted by Crippen LogP contribution is 2.03. The molecule has 0 saturated heterocycles. The summed E-state index contributed by atoms with van der Waals surface area (Å²) in [5.74, 6) is -1.08. The second-order valence-corrected chi connectivity index (χ2v) is 3.40. The number of ether oxygens (including phenoxy) is 2. The zero-order valence-corrected chi connectivity index (χ0v) is 9.46. The molecule has 0 unspecified atom stereocenters. The number of esters is 2. The lowest BCUT2D eigenvalue weighted by molar-refractivity contribution is -0.143. The maximum atomic E-state index is 11.5. The Morgan fingerprint density at radius 1 is 1.29 bits per heavy atom. The van der Waals surface area contributed by atoms with Gasteiger partial charge in [-0.1, -0.05) is 18.2 Å². The number of aliphatic hydroxyl groups excluding tert-OH is 1. The molecule has 5 heteroatoms. The molecular weight excluding hydrogens is 224 g/mol. The van der Waals surface area contributed by atoms with E-state index in [0.29, 0.717) is 5.56 Å². The van der Waals surface area contributed by atoms with Gasteiger partial charge in [-0.15, -0.1) is 0 Å². The fourth-order valence-electron chi connectivity index (χ4n) is 1.16. The van der Waals surface area contributed by atoms with Crippen molar-refractivity contribution >= 4 is 11.9 Å². The highest BCUT2D eigenvalue weighted by Gasteiger charge is 2.14. The summed E-state index contributed by atoms with van der Waals surface area (Å²) in [5.41, 5.74) is 0.401. The largest absolute Gasteiger partial charge is 0.469 e. The van der Waals surface area contributed by atoms with Gasteiger partial charge in [-0.3, -0.25) is 4.79 Å². The molecule has 0 aliphatic rings. The molecule has 1 atom stereocenters. The molecule has 0 aliphatic carbocycles. The van der Waals surface area contributed by atoms with Crippen molar-refractivity contribution in [3.05, 3.63) is 35.9 Å². The lowest BCUT2D eigenvalue weighted by Crippen LogP contribution is -2.22. The number of rotatable bonds is 5. The molecule has 0 spiro atoms. The van der Waals surface area contributed by atoms with Crippen LogP contribution in [-0.4, -0.2) is 36.9 Å². The molecule has 5 nitrogen and oxygen atoms in total. The third-order valence-corrected chi connectivity index (χ3v) is 2.05. The summed E-state index contributed by atoms with van der Waals surface area (Å²) < 4.78 is 9.21. The highest BCUT2D eigenvalue weighted by molar-refractivity contribution is 5.89. The van der Waals surface area contributed by atoms with Crippen molar-refractivity contribution in [2.45, 2.75) is 12.5 Å². The summed E-state index contributed by atoms with van der Waals surface area (Å²) in [5, 5.41) is 9.37. The fourth-order valence-corrected chi connectivity index (χ4v) is 1.16. The van der Waals surface area contributed by atoms with Crippen molar-refractivity contribution < 1.29 is 24.2 Å². The maximum Gasteiger partial charge on any atom is 0.338 e. The van der Waals surface area contributed by atoms with Crippen LogP contribution in [0.15, 0.2) is 30.3 Å². The zero-order valence-electron chi connectivity index (χ0n) is 9.46. The zero-order chi connectivity index (χ0) is 12.7. The second-order valence-electron chi connectivity index (χ2n) is 3.40. The molecule has 17 heavy (non-hydrogen) atoms. The van der Waals surface area contributed by atoms with E-state index in [1.54, 1.807) is 30.3 Å². The van der Waals surface area contributed by atoms with Crippen molar-refractivity contribution in [2.75, 3.05) is 13.7 Å². The first-order valence-electron chi connectivity index (χ1n) is 5.10. The standard InChI is InChI=1S/C12H14O5/c1-16-11(14)7-10(13)8-17-12(15)9-5-3-2-4-6-9/h2-6,10,13H,7-8H2,1H3/t10-/m1/s1.